The minimum Gasteiger partial charge on any atom is -0.263 e. The van der Waals surface area contributed by atoms with Crippen LogP contribution in [0.5, 0.6) is 0 Å². The largest absolute Gasteiger partial charge is 0.263 e. The van der Waals surface area contributed by atoms with Crippen LogP contribution in [0, 0.1) is 11.8 Å². The Balaban J connectivity index is 1.77. The summed E-state index contributed by atoms with van der Waals surface area (Å²) in [6.45, 7) is 5.60. The molecule has 0 radical (unpaired) electrons. The van der Waals surface area contributed by atoms with E-state index in [2.05, 4.69) is 79.4 Å². The SMILES string of the molecule is CCc1cccc(-c2c(SC)nn(CC3CCC(CC)CC3)c2-c2ccccc2)c1. The molecule has 1 fully saturated rings. The van der Waals surface area contributed by atoms with Crippen LogP contribution in [0.1, 0.15) is 51.5 Å². The van der Waals surface area contributed by atoms with Crippen molar-refractivity contribution in [1.29, 1.82) is 0 Å². The number of rotatable bonds is 7. The molecule has 1 aliphatic carbocycles. The van der Waals surface area contributed by atoms with Crippen molar-refractivity contribution in [1.82, 2.24) is 9.78 Å². The van der Waals surface area contributed by atoms with E-state index in [4.69, 9.17) is 5.10 Å². The Morgan fingerprint density at radius 2 is 1.60 bits per heavy atom. The summed E-state index contributed by atoms with van der Waals surface area (Å²) in [5, 5.41) is 6.29. The molecule has 3 heteroatoms. The minimum atomic E-state index is 0.736. The molecule has 2 nitrogen and oxygen atoms in total. The Kier molecular flexibility index (Phi) is 6.99. The predicted molar refractivity (Wildman–Crippen MR) is 130 cm³/mol. The molecular formula is C27H34N2S. The molecule has 0 saturated heterocycles. The van der Waals surface area contributed by atoms with E-state index in [-0.39, 0.29) is 0 Å². The molecule has 1 aromatic heterocycles. The summed E-state index contributed by atoms with van der Waals surface area (Å²) < 4.78 is 2.33. The maximum atomic E-state index is 5.15. The Bertz CT molecular complexity index is 952. The lowest BCUT2D eigenvalue weighted by Crippen LogP contribution is -2.19. The minimum absolute atomic E-state index is 0.736. The summed E-state index contributed by atoms with van der Waals surface area (Å²) in [4.78, 5) is 0. The molecule has 1 heterocycles. The number of thioether (sulfide) groups is 1. The highest BCUT2D eigenvalue weighted by atomic mass is 32.2. The Morgan fingerprint density at radius 1 is 0.900 bits per heavy atom. The number of hydrogen-bond acceptors (Lipinski definition) is 2. The number of hydrogen-bond donors (Lipinski definition) is 0. The normalized spacial score (nSPS) is 19.2. The molecule has 0 bridgehead atoms. The summed E-state index contributed by atoms with van der Waals surface area (Å²) in [6, 6.07) is 19.9. The smallest absolute Gasteiger partial charge is 0.126 e. The van der Waals surface area contributed by atoms with Crippen molar-refractivity contribution < 1.29 is 0 Å². The standard InChI is InChI=1S/C27H34N2S/c1-4-20-14-16-22(17-15-20)19-29-26(23-11-7-6-8-12-23)25(27(28-29)30-3)24-13-9-10-21(5-2)18-24/h6-13,18,20,22H,4-5,14-17,19H2,1-3H3. The second kappa shape index (κ2) is 9.87. The molecule has 0 aliphatic heterocycles. The topological polar surface area (TPSA) is 17.8 Å². The number of aromatic nitrogens is 2. The van der Waals surface area contributed by atoms with Crippen LogP contribution in [0.2, 0.25) is 0 Å². The molecule has 0 unspecified atom stereocenters. The first-order chi connectivity index (χ1) is 14.7. The van der Waals surface area contributed by atoms with Gasteiger partial charge in [0.05, 0.1) is 5.69 Å². The van der Waals surface area contributed by atoms with E-state index in [0.29, 0.717) is 0 Å². The summed E-state index contributed by atoms with van der Waals surface area (Å²) >= 11 is 1.77. The molecule has 158 valence electrons. The van der Waals surface area contributed by atoms with Gasteiger partial charge in [0.15, 0.2) is 0 Å². The van der Waals surface area contributed by atoms with Crippen LogP contribution in [0.4, 0.5) is 0 Å². The van der Waals surface area contributed by atoms with Crippen LogP contribution in [0.25, 0.3) is 22.4 Å². The van der Waals surface area contributed by atoms with Gasteiger partial charge in [-0.2, -0.15) is 5.10 Å². The molecule has 1 aliphatic rings. The number of aryl methyl sites for hydroxylation is 1. The van der Waals surface area contributed by atoms with Gasteiger partial charge in [0.2, 0.25) is 0 Å². The van der Waals surface area contributed by atoms with Gasteiger partial charge in [-0.05, 0) is 48.5 Å². The molecule has 0 N–H and O–H groups in total. The third kappa shape index (κ3) is 4.51. The van der Waals surface area contributed by atoms with E-state index in [9.17, 15) is 0 Å². The predicted octanol–water partition coefficient (Wildman–Crippen LogP) is 7.72. The first kappa shape index (κ1) is 21.2. The first-order valence-corrected chi connectivity index (χ1v) is 12.7. The quantitative estimate of drug-likeness (QED) is 0.366. The monoisotopic (exact) mass is 418 g/mol. The zero-order chi connectivity index (χ0) is 20.9. The second-order valence-electron chi connectivity index (χ2n) is 8.63. The van der Waals surface area contributed by atoms with Gasteiger partial charge in [0, 0.05) is 17.7 Å². The van der Waals surface area contributed by atoms with E-state index in [1.54, 1.807) is 11.8 Å². The van der Waals surface area contributed by atoms with Crippen molar-refractivity contribution in [2.75, 3.05) is 6.26 Å². The molecule has 4 rings (SSSR count). The van der Waals surface area contributed by atoms with Gasteiger partial charge in [0.25, 0.3) is 0 Å². The highest BCUT2D eigenvalue weighted by molar-refractivity contribution is 7.98. The zero-order valence-electron chi connectivity index (χ0n) is 18.6. The van der Waals surface area contributed by atoms with Crippen LogP contribution in [-0.4, -0.2) is 16.0 Å². The van der Waals surface area contributed by atoms with Gasteiger partial charge in [0.1, 0.15) is 5.03 Å². The third-order valence-corrected chi connectivity index (χ3v) is 7.43. The van der Waals surface area contributed by atoms with Gasteiger partial charge in [-0.3, -0.25) is 4.68 Å². The van der Waals surface area contributed by atoms with Crippen molar-refractivity contribution in [3.63, 3.8) is 0 Å². The van der Waals surface area contributed by atoms with E-state index >= 15 is 0 Å². The van der Waals surface area contributed by atoms with E-state index in [1.807, 2.05) is 0 Å². The molecular weight excluding hydrogens is 384 g/mol. The fourth-order valence-electron chi connectivity index (χ4n) is 4.88. The molecule has 1 saturated carbocycles. The zero-order valence-corrected chi connectivity index (χ0v) is 19.4. The van der Waals surface area contributed by atoms with Crippen molar-refractivity contribution in [2.45, 2.75) is 63.9 Å². The van der Waals surface area contributed by atoms with Crippen molar-refractivity contribution in [3.05, 3.63) is 60.2 Å². The van der Waals surface area contributed by atoms with Crippen molar-refractivity contribution in [3.8, 4) is 22.4 Å². The van der Waals surface area contributed by atoms with Crippen LogP contribution in [-0.2, 0) is 13.0 Å². The maximum absolute atomic E-state index is 5.15. The van der Waals surface area contributed by atoms with Gasteiger partial charge < -0.3 is 0 Å². The molecule has 0 amide bonds. The van der Waals surface area contributed by atoms with Crippen LogP contribution >= 0.6 is 11.8 Å². The Hall–Kier alpha value is -2.00. The molecule has 30 heavy (non-hydrogen) atoms. The van der Waals surface area contributed by atoms with Crippen LogP contribution in [0.15, 0.2) is 59.6 Å². The Morgan fingerprint density at radius 3 is 2.27 bits per heavy atom. The molecule has 2 aromatic carbocycles. The molecule has 0 spiro atoms. The molecule has 0 atom stereocenters. The summed E-state index contributed by atoms with van der Waals surface area (Å²) in [5.41, 5.74) is 6.52. The third-order valence-electron chi connectivity index (χ3n) is 6.76. The lowest BCUT2D eigenvalue weighted by molar-refractivity contribution is 0.242. The summed E-state index contributed by atoms with van der Waals surface area (Å²) in [5.74, 6) is 1.67. The van der Waals surface area contributed by atoms with Crippen molar-refractivity contribution >= 4 is 11.8 Å². The lowest BCUT2D eigenvalue weighted by Gasteiger charge is -2.28. The fraction of sp³-hybridized carbons (Fsp3) is 0.444. The van der Waals surface area contributed by atoms with Crippen LogP contribution < -0.4 is 0 Å². The lowest BCUT2D eigenvalue weighted by atomic mass is 9.81. The van der Waals surface area contributed by atoms with E-state index < -0.39 is 0 Å². The van der Waals surface area contributed by atoms with E-state index in [0.717, 1.165) is 29.8 Å². The van der Waals surface area contributed by atoms with Gasteiger partial charge >= 0.3 is 0 Å². The summed E-state index contributed by atoms with van der Waals surface area (Å²) in [7, 11) is 0. The average Bonchev–Trinajstić information content (AvgIpc) is 3.18. The number of benzene rings is 2. The molecule has 3 aromatic rings. The maximum Gasteiger partial charge on any atom is 0.126 e. The van der Waals surface area contributed by atoms with Gasteiger partial charge in [-0.25, -0.2) is 0 Å². The first-order valence-electron chi connectivity index (χ1n) is 11.5. The van der Waals surface area contributed by atoms with Gasteiger partial charge in [-0.1, -0.05) is 87.7 Å². The highest BCUT2D eigenvalue weighted by Gasteiger charge is 2.25. The Labute approximate surface area is 186 Å². The second-order valence-corrected chi connectivity index (χ2v) is 9.42. The van der Waals surface area contributed by atoms with Crippen LogP contribution in [0.3, 0.4) is 0 Å². The number of nitrogens with zero attached hydrogens (tertiary/aromatic N) is 2. The summed E-state index contributed by atoms with van der Waals surface area (Å²) in [6.07, 6.45) is 9.97. The van der Waals surface area contributed by atoms with Crippen molar-refractivity contribution in [2.24, 2.45) is 11.8 Å². The highest BCUT2D eigenvalue weighted by Crippen LogP contribution is 2.40. The fourth-order valence-corrected chi connectivity index (χ4v) is 5.48. The van der Waals surface area contributed by atoms with E-state index in [1.165, 1.54) is 60.1 Å². The average molecular weight is 419 g/mol. The van der Waals surface area contributed by atoms with Gasteiger partial charge in [-0.15, -0.1) is 11.8 Å².